The number of ether oxygens (including phenoxy) is 1. The van der Waals surface area contributed by atoms with Gasteiger partial charge in [0.2, 0.25) is 0 Å². The number of nitrogens with zero attached hydrogens (tertiary/aromatic N) is 2. The van der Waals surface area contributed by atoms with E-state index in [1.807, 2.05) is 16.9 Å². The van der Waals surface area contributed by atoms with Crippen molar-refractivity contribution in [3.05, 3.63) is 23.5 Å². The van der Waals surface area contributed by atoms with Crippen molar-refractivity contribution in [2.24, 2.45) is 5.73 Å². The number of nitrogens with two attached hydrogens (primary N) is 1. The number of hydrogen-bond acceptors (Lipinski definition) is 6. The zero-order valence-corrected chi connectivity index (χ0v) is 11.3. The van der Waals surface area contributed by atoms with Crippen LogP contribution in [0.1, 0.15) is 12.6 Å². The first kappa shape index (κ1) is 14.0. The predicted molar refractivity (Wildman–Crippen MR) is 70.1 cm³/mol. The van der Waals surface area contributed by atoms with Crippen LogP contribution in [0, 0.1) is 0 Å². The van der Waals surface area contributed by atoms with Crippen molar-refractivity contribution in [2.75, 3.05) is 0 Å². The predicted octanol–water partition coefficient (Wildman–Crippen LogP) is 0.0649. The van der Waals surface area contributed by atoms with E-state index in [0.29, 0.717) is 5.69 Å². The third-order valence-electron chi connectivity index (χ3n) is 2.39. The molecule has 0 bridgehead atoms. The summed E-state index contributed by atoms with van der Waals surface area (Å²) < 4.78 is 6.67. The molecule has 2 aromatic rings. The third kappa shape index (κ3) is 3.32. The van der Waals surface area contributed by atoms with Crippen LogP contribution in [0.3, 0.4) is 0 Å². The highest BCUT2D eigenvalue weighted by Gasteiger charge is 2.19. The molecule has 106 valence electrons. The molecule has 0 fully saturated rings. The number of carbonyl (C=O) groups excluding carboxylic acids is 3. The van der Waals surface area contributed by atoms with Crippen molar-refractivity contribution >= 4 is 34.2 Å². The molecule has 0 aromatic carbocycles. The van der Waals surface area contributed by atoms with E-state index < -0.39 is 24.0 Å². The molecule has 8 nitrogen and oxygen atoms in total. The number of rotatable bonds is 4. The molecule has 0 unspecified atom stereocenters. The molecule has 0 spiro atoms. The van der Waals surface area contributed by atoms with Crippen LogP contribution in [0.4, 0.5) is 4.79 Å². The molecular weight excluding hydrogens is 284 g/mol. The number of aromatic nitrogens is 2. The van der Waals surface area contributed by atoms with E-state index in [-0.39, 0.29) is 6.42 Å². The van der Waals surface area contributed by atoms with Gasteiger partial charge < -0.3 is 10.5 Å². The van der Waals surface area contributed by atoms with E-state index >= 15 is 0 Å². The third-order valence-corrected chi connectivity index (χ3v) is 3.16. The molecule has 0 aliphatic rings. The minimum absolute atomic E-state index is 0.0530. The summed E-state index contributed by atoms with van der Waals surface area (Å²) in [6, 6.07) is -0.993. The molecule has 0 saturated heterocycles. The number of thiazole rings is 1. The Morgan fingerprint density at radius 2 is 2.30 bits per heavy atom. The Morgan fingerprint density at radius 1 is 1.55 bits per heavy atom. The Kier molecular flexibility index (Phi) is 3.99. The second kappa shape index (κ2) is 5.70. The van der Waals surface area contributed by atoms with Crippen LogP contribution in [0.15, 0.2) is 17.8 Å². The summed E-state index contributed by atoms with van der Waals surface area (Å²) in [5, 5.41) is 3.71. The van der Waals surface area contributed by atoms with Gasteiger partial charge in [-0.2, -0.15) is 0 Å². The fraction of sp³-hybridized carbons (Fsp3) is 0.273. The molecule has 3 amide bonds. The Balaban J connectivity index is 1.90. The lowest BCUT2D eigenvalue weighted by molar-refractivity contribution is -0.153. The minimum Gasteiger partial charge on any atom is -0.452 e. The Morgan fingerprint density at radius 3 is 2.95 bits per heavy atom. The number of hydrogen-bond donors (Lipinski definition) is 2. The van der Waals surface area contributed by atoms with Gasteiger partial charge in [-0.3, -0.25) is 19.3 Å². The number of urea groups is 1. The Bertz CT molecular complexity index is 634. The van der Waals surface area contributed by atoms with Gasteiger partial charge in [-0.25, -0.2) is 9.78 Å². The molecule has 0 radical (unpaired) electrons. The molecule has 20 heavy (non-hydrogen) atoms. The highest BCUT2D eigenvalue weighted by Crippen LogP contribution is 2.12. The van der Waals surface area contributed by atoms with Gasteiger partial charge in [-0.15, -0.1) is 11.3 Å². The number of imide groups is 1. The van der Waals surface area contributed by atoms with Crippen LogP contribution in [-0.2, 0) is 20.7 Å². The van der Waals surface area contributed by atoms with Crippen LogP contribution in [0.25, 0.3) is 4.96 Å². The standard InChI is InChI=1S/C11H12N4O4S/c1-6(9(17)14-10(12)18)19-8(16)4-7-5-15-2-3-20-11(15)13-7/h2-3,5-6H,4H2,1H3,(H3,12,14,17,18)/t6-/m0/s1. The van der Waals surface area contributed by atoms with Crippen LogP contribution in [0.2, 0.25) is 0 Å². The van der Waals surface area contributed by atoms with Crippen molar-refractivity contribution in [2.45, 2.75) is 19.4 Å². The second-order valence-corrected chi connectivity index (χ2v) is 4.86. The zero-order chi connectivity index (χ0) is 14.7. The highest BCUT2D eigenvalue weighted by molar-refractivity contribution is 7.15. The molecule has 0 saturated carbocycles. The molecule has 3 N–H and O–H groups in total. The van der Waals surface area contributed by atoms with Crippen molar-refractivity contribution < 1.29 is 19.1 Å². The maximum absolute atomic E-state index is 11.6. The van der Waals surface area contributed by atoms with Gasteiger partial charge in [0, 0.05) is 17.8 Å². The first-order valence-corrected chi connectivity index (χ1v) is 6.54. The second-order valence-electron chi connectivity index (χ2n) is 3.99. The van der Waals surface area contributed by atoms with Crippen molar-refractivity contribution in [3.63, 3.8) is 0 Å². The first-order chi connectivity index (χ1) is 9.45. The number of nitrogens with one attached hydrogen (secondary N) is 1. The fourth-order valence-corrected chi connectivity index (χ4v) is 2.24. The quantitative estimate of drug-likeness (QED) is 0.774. The van der Waals surface area contributed by atoms with Crippen molar-refractivity contribution in [3.8, 4) is 0 Å². The van der Waals surface area contributed by atoms with E-state index in [9.17, 15) is 14.4 Å². The van der Waals surface area contributed by atoms with Gasteiger partial charge in [0.25, 0.3) is 5.91 Å². The lowest BCUT2D eigenvalue weighted by Gasteiger charge is -2.11. The molecule has 2 rings (SSSR count). The average Bonchev–Trinajstić information content (AvgIpc) is 2.87. The van der Waals surface area contributed by atoms with Crippen LogP contribution in [0.5, 0.6) is 0 Å². The normalized spacial score (nSPS) is 12.1. The number of carbonyl (C=O) groups is 3. The largest absolute Gasteiger partial charge is 0.452 e. The molecule has 0 aliphatic heterocycles. The average molecular weight is 296 g/mol. The first-order valence-electron chi connectivity index (χ1n) is 5.66. The summed E-state index contributed by atoms with van der Waals surface area (Å²) in [5.74, 6) is -1.38. The summed E-state index contributed by atoms with van der Waals surface area (Å²) in [7, 11) is 0. The summed E-state index contributed by atoms with van der Waals surface area (Å²) in [5.41, 5.74) is 5.34. The number of imidazole rings is 1. The van der Waals surface area contributed by atoms with Gasteiger partial charge in [0.05, 0.1) is 12.1 Å². The highest BCUT2D eigenvalue weighted by atomic mass is 32.1. The van der Waals surface area contributed by atoms with Gasteiger partial charge in [-0.1, -0.05) is 0 Å². The number of amides is 3. The van der Waals surface area contributed by atoms with Crippen LogP contribution >= 0.6 is 11.3 Å². The summed E-state index contributed by atoms with van der Waals surface area (Å²) >= 11 is 1.45. The summed E-state index contributed by atoms with van der Waals surface area (Å²) in [6.07, 6.45) is 2.38. The lowest BCUT2D eigenvalue weighted by Crippen LogP contribution is -2.42. The van der Waals surface area contributed by atoms with E-state index in [1.54, 1.807) is 10.6 Å². The maximum atomic E-state index is 11.6. The van der Waals surface area contributed by atoms with E-state index in [0.717, 1.165) is 4.96 Å². The Hall–Kier alpha value is -2.42. The summed E-state index contributed by atoms with van der Waals surface area (Å²) in [6.45, 7) is 1.35. The Labute approximate surface area is 117 Å². The molecule has 1 atom stereocenters. The van der Waals surface area contributed by atoms with E-state index in [2.05, 4.69) is 4.98 Å². The van der Waals surface area contributed by atoms with E-state index in [4.69, 9.17) is 10.5 Å². The van der Waals surface area contributed by atoms with Gasteiger partial charge in [-0.05, 0) is 6.92 Å². The molecule has 2 heterocycles. The number of fused-ring (bicyclic) bond motifs is 1. The molecule has 9 heteroatoms. The molecule has 0 aliphatic carbocycles. The smallest absolute Gasteiger partial charge is 0.318 e. The number of esters is 1. The van der Waals surface area contributed by atoms with Crippen LogP contribution < -0.4 is 11.1 Å². The minimum atomic E-state index is -1.10. The fourth-order valence-electron chi connectivity index (χ4n) is 1.52. The topological polar surface area (TPSA) is 116 Å². The molecular formula is C11H12N4O4S. The zero-order valence-electron chi connectivity index (χ0n) is 10.5. The monoisotopic (exact) mass is 296 g/mol. The van der Waals surface area contributed by atoms with Gasteiger partial charge >= 0.3 is 12.0 Å². The van der Waals surface area contributed by atoms with Gasteiger partial charge in [0.1, 0.15) is 0 Å². The lowest BCUT2D eigenvalue weighted by atomic mass is 10.3. The van der Waals surface area contributed by atoms with E-state index in [1.165, 1.54) is 18.3 Å². The van der Waals surface area contributed by atoms with Crippen molar-refractivity contribution in [1.82, 2.24) is 14.7 Å². The summed E-state index contributed by atoms with van der Waals surface area (Å²) in [4.78, 5) is 38.5. The van der Waals surface area contributed by atoms with Gasteiger partial charge in [0.15, 0.2) is 11.1 Å². The molecule has 2 aromatic heterocycles. The number of primary amides is 1. The SMILES string of the molecule is C[C@H](OC(=O)Cc1cn2ccsc2n1)C(=O)NC(N)=O. The maximum Gasteiger partial charge on any atom is 0.318 e. The van der Waals surface area contributed by atoms with Crippen molar-refractivity contribution in [1.29, 1.82) is 0 Å². The van der Waals surface area contributed by atoms with Crippen LogP contribution in [-0.4, -0.2) is 33.4 Å².